The number of aliphatic hydroxyl groups is 3. The summed E-state index contributed by atoms with van der Waals surface area (Å²) in [6, 6.07) is -0.772. The van der Waals surface area contributed by atoms with Crippen molar-refractivity contribution >= 4 is 23.5 Å². The number of carbonyl (C=O) groups is 4. The number of hydrogen-bond donors (Lipinski definition) is 3. The molecule has 2 fully saturated rings. The second kappa shape index (κ2) is 24.6. The number of aliphatic hydroxyl groups excluding tert-OH is 3. The molecule has 0 spiro atoms. The van der Waals surface area contributed by atoms with Crippen LogP contribution in [-0.2, 0) is 66.5 Å². The second-order valence-electron chi connectivity index (χ2n) is 16.9. The third kappa shape index (κ3) is 13.8. The summed E-state index contributed by atoms with van der Waals surface area (Å²) in [6.07, 6.45) is -11.1. The molecule has 3 aliphatic rings. The second-order valence-corrected chi connectivity index (χ2v) is 16.9. The summed E-state index contributed by atoms with van der Waals surface area (Å²) in [6.45, 7) is 11.2. The fourth-order valence-electron chi connectivity index (χ4n) is 8.69. The van der Waals surface area contributed by atoms with Gasteiger partial charge in [0.2, 0.25) is 0 Å². The van der Waals surface area contributed by atoms with Crippen molar-refractivity contribution in [1.29, 1.82) is 0 Å². The lowest BCUT2D eigenvalue weighted by atomic mass is 9.79. The summed E-state index contributed by atoms with van der Waals surface area (Å²) in [5, 5.41) is 34.2. The van der Waals surface area contributed by atoms with Gasteiger partial charge in [-0.2, -0.15) is 0 Å². The van der Waals surface area contributed by atoms with E-state index in [-0.39, 0.29) is 38.1 Å². The minimum Gasteiger partial charge on any atom is -0.462 e. The molecule has 17 atom stereocenters. The van der Waals surface area contributed by atoms with Gasteiger partial charge in [-0.15, -0.1) is 0 Å². The molecule has 3 rings (SSSR count). The molecule has 0 aromatic rings. The molecule has 3 N–H and O–H groups in total. The van der Waals surface area contributed by atoms with Crippen LogP contribution in [0.15, 0.2) is 11.6 Å². The van der Waals surface area contributed by atoms with Gasteiger partial charge in [0.1, 0.15) is 42.4 Å². The number of methoxy groups -OCH3 is 4. The largest absolute Gasteiger partial charge is 0.462 e. The van der Waals surface area contributed by atoms with Crippen molar-refractivity contribution in [3.63, 3.8) is 0 Å². The number of ketones is 2. The highest BCUT2D eigenvalue weighted by molar-refractivity contribution is 5.97. The zero-order valence-electron chi connectivity index (χ0n) is 38.2. The Morgan fingerprint density at radius 1 is 0.869 bits per heavy atom. The highest BCUT2D eigenvalue weighted by atomic mass is 16.7. The first kappa shape index (κ1) is 52.9. The van der Waals surface area contributed by atoms with E-state index in [1.165, 1.54) is 35.4 Å². The minimum atomic E-state index is -1.34. The Balaban J connectivity index is 2.03. The predicted octanol–water partition coefficient (Wildman–Crippen LogP) is 1.96. The summed E-state index contributed by atoms with van der Waals surface area (Å²) in [5.74, 6) is -5.19. The average Bonchev–Trinajstić information content (AvgIpc) is 3.21. The quantitative estimate of drug-likeness (QED) is 0.0982. The number of likely N-dealkylation sites (N-methyl/N-ethyl adjacent to an activating group) is 1. The van der Waals surface area contributed by atoms with Gasteiger partial charge >= 0.3 is 11.9 Å². The van der Waals surface area contributed by atoms with Crippen LogP contribution in [0.1, 0.15) is 80.6 Å². The van der Waals surface area contributed by atoms with Crippen LogP contribution in [0.2, 0.25) is 0 Å². The number of Topliss-reactive ketones (excluding diaryl/α,β-unsaturated/α-hetero) is 2. The summed E-state index contributed by atoms with van der Waals surface area (Å²) >= 11 is 0. The number of nitrogens with zero attached hydrogens (tertiary/aromatic N) is 1. The Kier molecular flexibility index (Phi) is 21.3. The summed E-state index contributed by atoms with van der Waals surface area (Å²) in [5.41, 5.74) is 0.429. The number of cyclic esters (lactones) is 1. The highest BCUT2D eigenvalue weighted by Crippen LogP contribution is 2.36. The van der Waals surface area contributed by atoms with E-state index in [4.69, 9.17) is 47.4 Å². The van der Waals surface area contributed by atoms with Gasteiger partial charge in [-0.1, -0.05) is 26.8 Å². The fourth-order valence-corrected chi connectivity index (χ4v) is 8.69. The smallest absolute Gasteiger partial charge is 0.313 e. The van der Waals surface area contributed by atoms with Crippen molar-refractivity contribution in [2.45, 2.75) is 167 Å². The van der Waals surface area contributed by atoms with E-state index in [0.29, 0.717) is 5.57 Å². The standard InChI is InChI=1S/C43H73NO17/c1-14-31-28(20-56-43-41(55-13)40(54-12)39(25(6)58-43)59-26(7)45)35(49)21(2)15-16-29(46)22(3)17-27(18-33(52-10)53-11)38(23(4)30(47)19-32(48)60-31)61-42-37(51)34(44(8)9)36(50)24(5)57-42/h15,22-25,27-28,31,33-43,49-51H,14,16-20H2,1-13H3/b21-15+/t22?,23?,24-,25-,27?,28?,31?,34+,35?,36-,37-,38?,39-,40-,41+,42+,43-/m1/s1. The fraction of sp³-hybridized carbons (Fsp3) is 0.860. The van der Waals surface area contributed by atoms with Gasteiger partial charge in [0.25, 0.3) is 0 Å². The number of ether oxygens (including phenoxy) is 10. The Morgan fingerprint density at radius 3 is 2.05 bits per heavy atom. The lowest BCUT2D eigenvalue weighted by molar-refractivity contribution is -0.308. The van der Waals surface area contributed by atoms with Crippen molar-refractivity contribution < 1.29 is 81.9 Å². The molecule has 61 heavy (non-hydrogen) atoms. The van der Waals surface area contributed by atoms with Gasteiger partial charge < -0.3 is 67.6 Å². The zero-order valence-corrected chi connectivity index (χ0v) is 38.2. The highest BCUT2D eigenvalue weighted by Gasteiger charge is 2.50. The zero-order chi connectivity index (χ0) is 45.9. The molecule has 352 valence electrons. The summed E-state index contributed by atoms with van der Waals surface area (Å²) < 4.78 is 58.9. The third-order valence-corrected chi connectivity index (χ3v) is 12.4. The molecule has 2 saturated heterocycles. The van der Waals surface area contributed by atoms with Gasteiger partial charge in [0.15, 0.2) is 25.0 Å². The Bertz CT molecular complexity index is 1440. The van der Waals surface area contributed by atoms with E-state index in [9.17, 15) is 34.5 Å². The van der Waals surface area contributed by atoms with Gasteiger partial charge in [-0.05, 0) is 59.2 Å². The van der Waals surface area contributed by atoms with Crippen LogP contribution in [0.4, 0.5) is 0 Å². The average molecular weight is 876 g/mol. The lowest BCUT2D eigenvalue weighted by Crippen LogP contribution is -2.63. The number of esters is 2. The van der Waals surface area contributed by atoms with Crippen LogP contribution < -0.4 is 0 Å². The molecule has 3 aliphatic heterocycles. The van der Waals surface area contributed by atoms with E-state index in [1.54, 1.807) is 66.6 Å². The third-order valence-electron chi connectivity index (χ3n) is 12.4. The maximum Gasteiger partial charge on any atom is 0.313 e. The monoisotopic (exact) mass is 875 g/mol. The molecule has 0 aliphatic carbocycles. The summed E-state index contributed by atoms with van der Waals surface area (Å²) in [4.78, 5) is 55.4. The van der Waals surface area contributed by atoms with Crippen LogP contribution in [0, 0.1) is 23.7 Å². The van der Waals surface area contributed by atoms with Gasteiger partial charge in [-0.25, -0.2) is 0 Å². The molecule has 0 aromatic heterocycles. The normalized spacial score (nSPS) is 39.8. The SMILES string of the molecule is CCC1OC(=O)CC(=O)C(C)C(O[C@@H]2O[C@H](C)[C@@H](O)[C@H](N(C)C)[C@H]2O)C(CC(OC)OC)CC(C)C(=O)C/C=C(\C)C(O)C1CO[C@@H]1O[C@H](C)[C@@H](OC(C)=O)[C@@H](OC)[C@@H]1OC. The maximum absolute atomic E-state index is 14.2. The number of rotatable bonds is 14. The predicted molar refractivity (Wildman–Crippen MR) is 218 cm³/mol. The number of hydrogen-bond acceptors (Lipinski definition) is 18. The molecular formula is C43H73NO17. The Morgan fingerprint density at radius 2 is 1.49 bits per heavy atom. The first-order valence-electron chi connectivity index (χ1n) is 21.2. The number of carbonyl (C=O) groups excluding carboxylic acids is 4. The van der Waals surface area contributed by atoms with Crippen LogP contribution in [-0.4, -0.2) is 179 Å². The number of allylic oxidation sites excluding steroid dienone is 1. The van der Waals surface area contributed by atoms with Crippen LogP contribution >= 0.6 is 0 Å². The van der Waals surface area contributed by atoms with Crippen molar-refractivity contribution in [3.05, 3.63) is 11.6 Å². The minimum absolute atomic E-state index is 0.0502. The van der Waals surface area contributed by atoms with E-state index in [1.807, 2.05) is 0 Å². The Labute approximate surface area is 360 Å². The first-order chi connectivity index (χ1) is 28.7. The first-order valence-corrected chi connectivity index (χ1v) is 21.2. The van der Waals surface area contributed by atoms with Crippen molar-refractivity contribution in [1.82, 2.24) is 4.90 Å². The maximum atomic E-state index is 14.2. The lowest BCUT2D eigenvalue weighted by Gasteiger charge is -2.46. The molecule has 18 nitrogen and oxygen atoms in total. The van der Waals surface area contributed by atoms with E-state index in [0.717, 1.165) is 0 Å². The summed E-state index contributed by atoms with van der Waals surface area (Å²) in [7, 11) is 9.23. The molecule has 0 amide bonds. The van der Waals surface area contributed by atoms with Crippen molar-refractivity contribution in [2.75, 3.05) is 49.1 Å². The molecule has 7 unspecified atom stereocenters. The molecule has 0 radical (unpaired) electrons. The molecule has 3 heterocycles. The van der Waals surface area contributed by atoms with E-state index < -0.39 is 134 Å². The van der Waals surface area contributed by atoms with Gasteiger partial charge in [-0.3, -0.25) is 19.2 Å². The van der Waals surface area contributed by atoms with E-state index in [2.05, 4.69) is 0 Å². The molecule has 18 heteroatoms. The van der Waals surface area contributed by atoms with Crippen LogP contribution in [0.5, 0.6) is 0 Å². The van der Waals surface area contributed by atoms with Crippen molar-refractivity contribution in [2.24, 2.45) is 23.7 Å². The molecule has 0 bridgehead atoms. The van der Waals surface area contributed by atoms with E-state index >= 15 is 0 Å². The molecule has 0 saturated carbocycles. The Hall–Kier alpha value is -2.46. The van der Waals surface area contributed by atoms with Gasteiger partial charge in [0.05, 0.1) is 43.2 Å². The van der Waals surface area contributed by atoms with Crippen LogP contribution in [0.3, 0.4) is 0 Å². The topological polar surface area (TPSA) is 225 Å². The molecule has 0 aromatic carbocycles. The van der Waals surface area contributed by atoms with Crippen molar-refractivity contribution in [3.8, 4) is 0 Å². The van der Waals surface area contributed by atoms with Crippen LogP contribution in [0.25, 0.3) is 0 Å². The molecular weight excluding hydrogens is 802 g/mol. The van der Waals surface area contributed by atoms with Gasteiger partial charge in [0, 0.05) is 66.0 Å².